The summed E-state index contributed by atoms with van der Waals surface area (Å²) in [6.45, 7) is 0.767. The van der Waals surface area contributed by atoms with Crippen LogP contribution in [0.4, 0.5) is 0 Å². The second kappa shape index (κ2) is 6.89. The first-order valence-corrected chi connectivity index (χ1v) is 10.5. The molecule has 3 rings (SSSR count). The first-order chi connectivity index (χ1) is 11.1. The molecule has 0 saturated heterocycles. The minimum absolute atomic E-state index is 0. The van der Waals surface area contributed by atoms with Crippen LogP contribution in [0.2, 0.25) is 0 Å². The first kappa shape index (κ1) is 18.4. The van der Waals surface area contributed by atoms with Crippen LogP contribution in [0, 0.1) is 0 Å². The van der Waals surface area contributed by atoms with Crippen molar-refractivity contribution in [1.82, 2.24) is 0 Å². The molecule has 0 unspecified atom stereocenters. The Hall–Kier alpha value is -1.95. The van der Waals surface area contributed by atoms with Crippen molar-refractivity contribution < 1.29 is 4.79 Å². The van der Waals surface area contributed by atoms with Gasteiger partial charge >= 0.3 is 137 Å². The molecule has 3 aromatic carbocycles. The van der Waals surface area contributed by atoms with Crippen LogP contribution in [-0.4, -0.2) is 12.2 Å². The normalized spacial score (nSPS) is 12.5. The van der Waals surface area contributed by atoms with Crippen molar-refractivity contribution in [2.75, 3.05) is 6.66 Å². The largest absolute Gasteiger partial charge is 0.147 e. The molecule has 0 aliphatic rings. The molecule has 24 heavy (non-hydrogen) atoms. The van der Waals surface area contributed by atoms with E-state index in [4.69, 9.17) is 0 Å². The molecule has 0 heterocycles. The maximum Gasteiger partial charge on any atom is -0.147 e. The number of carbonyl (C=O) groups excluding carboxylic acids is 1. The van der Waals surface area contributed by atoms with Crippen LogP contribution in [0.15, 0.2) is 91.0 Å². The fourth-order valence-electron chi connectivity index (χ4n) is 3.39. The van der Waals surface area contributed by atoms with Gasteiger partial charge in [0.15, 0.2) is 0 Å². The van der Waals surface area contributed by atoms with Gasteiger partial charge in [-0.2, -0.15) is 0 Å². The molecule has 0 aliphatic heterocycles. The number of carbonyl (C=O) groups is 1. The van der Waals surface area contributed by atoms with Crippen molar-refractivity contribution in [3.8, 4) is 0 Å². The van der Waals surface area contributed by atoms with Crippen LogP contribution < -0.4 is 15.9 Å². The molecule has 0 aliphatic carbocycles. The third-order valence-corrected chi connectivity index (χ3v) is 11.3. The van der Waals surface area contributed by atoms with Gasteiger partial charge in [0.1, 0.15) is 0 Å². The molecule has 0 fully saturated rings. The quantitative estimate of drug-likeness (QED) is 0.643. The summed E-state index contributed by atoms with van der Waals surface area (Å²) >= 11 is 0. The predicted molar refractivity (Wildman–Crippen MR) is 109 cm³/mol. The van der Waals surface area contributed by atoms with Gasteiger partial charge in [-0.3, -0.25) is 0 Å². The van der Waals surface area contributed by atoms with Gasteiger partial charge in [0.05, 0.1) is 0 Å². The van der Waals surface area contributed by atoms with Crippen LogP contribution in [-0.2, 0) is 4.79 Å². The average Bonchev–Trinajstić information content (AvgIpc) is 2.63. The third kappa shape index (κ3) is 2.49. The van der Waals surface area contributed by atoms with Gasteiger partial charge in [-0.05, 0) is 0 Å². The molecular weight excluding hydrogens is 335 g/mol. The van der Waals surface area contributed by atoms with E-state index in [1.165, 1.54) is 0 Å². The maximum absolute atomic E-state index is 13.2. The summed E-state index contributed by atoms with van der Waals surface area (Å²) in [4.78, 5) is 13.2. The molecular formula is C21H22ClOP. The fraction of sp³-hybridized carbons (Fsp3) is 0.0952. The number of halogens is 1. The molecule has 0 saturated carbocycles. The standard InChI is InChI=1S/C21H21OP.ClH/c1-18(22)23(2,19-12-6-3-7-13-19,20-14-8-4-9-15-20)21-16-10-5-11-17-21;/h3-17H,1-2H3;1H. The molecule has 124 valence electrons. The molecule has 0 radical (unpaired) electrons. The van der Waals surface area contributed by atoms with E-state index in [0.29, 0.717) is 0 Å². The van der Waals surface area contributed by atoms with Crippen molar-refractivity contribution in [3.05, 3.63) is 91.0 Å². The van der Waals surface area contributed by atoms with Gasteiger partial charge < -0.3 is 0 Å². The van der Waals surface area contributed by atoms with Gasteiger partial charge in [-0.15, -0.1) is 12.4 Å². The Kier molecular flexibility index (Phi) is 5.28. The van der Waals surface area contributed by atoms with Crippen LogP contribution in [0.25, 0.3) is 0 Å². The number of hydrogen-bond donors (Lipinski definition) is 0. The zero-order valence-corrected chi connectivity index (χ0v) is 15.6. The van der Waals surface area contributed by atoms with E-state index < -0.39 is 6.60 Å². The van der Waals surface area contributed by atoms with Crippen molar-refractivity contribution in [2.24, 2.45) is 0 Å². The van der Waals surface area contributed by atoms with Crippen LogP contribution >= 0.6 is 19.0 Å². The summed E-state index contributed by atoms with van der Waals surface area (Å²) in [5.41, 5.74) is 0.236. The molecule has 1 nitrogen and oxygen atoms in total. The summed E-state index contributed by atoms with van der Waals surface area (Å²) < 4.78 is 0. The third-order valence-electron chi connectivity index (χ3n) is 4.99. The number of hydrogen-bond acceptors (Lipinski definition) is 1. The summed E-state index contributed by atoms with van der Waals surface area (Å²) in [7, 11) is 0. The van der Waals surface area contributed by atoms with Gasteiger partial charge in [0, 0.05) is 0 Å². The molecule has 0 bridgehead atoms. The Morgan fingerprint density at radius 2 is 0.875 bits per heavy atom. The Balaban J connectivity index is 0.00000208. The van der Waals surface area contributed by atoms with Gasteiger partial charge in [-0.1, -0.05) is 0 Å². The average molecular weight is 357 g/mol. The Bertz CT molecular complexity index is 717. The molecule has 0 aromatic heterocycles. The summed E-state index contributed by atoms with van der Waals surface area (Å²) in [5, 5.41) is 3.34. The van der Waals surface area contributed by atoms with E-state index in [9.17, 15) is 4.79 Å². The van der Waals surface area contributed by atoms with E-state index in [1.807, 2.05) is 54.6 Å². The molecule has 0 atom stereocenters. The minimum atomic E-state index is -3.15. The zero-order valence-electron chi connectivity index (χ0n) is 13.9. The minimum Gasteiger partial charge on any atom is -0.147 e. The second-order valence-corrected chi connectivity index (χ2v) is 11.4. The molecule has 3 heteroatoms. The number of benzene rings is 3. The van der Waals surface area contributed by atoms with E-state index in [-0.39, 0.29) is 17.9 Å². The summed E-state index contributed by atoms with van der Waals surface area (Å²) in [6.07, 6.45) is 0. The molecule has 0 N–H and O–H groups in total. The predicted octanol–water partition coefficient (Wildman–Crippen LogP) is 4.11. The first-order valence-electron chi connectivity index (χ1n) is 7.78. The summed E-state index contributed by atoms with van der Waals surface area (Å²) in [5.74, 6) is 0. The Morgan fingerprint density at radius 3 is 1.08 bits per heavy atom. The van der Waals surface area contributed by atoms with Gasteiger partial charge in [0.2, 0.25) is 0 Å². The topological polar surface area (TPSA) is 17.1 Å². The fourth-order valence-corrected chi connectivity index (χ4v) is 8.13. The smallest absolute Gasteiger partial charge is 0.147 e. The number of rotatable bonds is 4. The maximum atomic E-state index is 13.2. The van der Waals surface area contributed by atoms with E-state index in [2.05, 4.69) is 43.1 Å². The van der Waals surface area contributed by atoms with Crippen molar-refractivity contribution in [2.45, 2.75) is 6.92 Å². The van der Waals surface area contributed by atoms with Crippen LogP contribution in [0.3, 0.4) is 0 Å². The van der Waals surface area contributed by atoms with E-state index >= 15 is 0 Å². The van der Waals surface area contributed by atoms with Crippen molar-refractivity contribution in [3.63, 3.8) is 0 Å². The van der Waals surface area contributed by atoms with Crippen LogP contribution in [0.1, 0.15) is 6.92 Å². The molecule has 0 spiro atoms. The zero-order chi connectivity index (χ0) is 16.4. The SMILES string of the molecule is CC(=O)P(C)(c1ccccc1)(c1ccccc1)c1ccccc1.Cl. The van der Waals surface area contributed by atoms with Crippen molar-refractivity contribution in [1.29, 1.82) is 0 Å². The van der Waals surface area contributed by atoms with Gasteiger partial charge in [0.25, 0.3) is 0 Å². The molecule has 3 aromatic rings. The van der Waals surface area contributed by atoms with E-state index in [0.717, 1.165) is 15.9 Å². The molecule has 0 amide bonds. The Labute approximate surface area is 150 Å². The van der Waals surface area contributed by atoms with Crippen LogP contribution in [0.5, 0.6) is 0 Å². The van der Waals surface area contributed by atoms with E-state index in [1.54, 1.807) is 6.92 Å². The monoisotopic (exact) mass is 356 g/mol. The van der Waals surface area contributed by atoms with Gasteiger partial charge in [-0.25, -0.2) is 0 Å². The second-order valence-electron chi connectivity index (χ2n) is 6.09. The Morgan fingerprint density at radius 1 is 0.625 bits per heavy atom. The summed E-state index contributed by atoms with van der Waals surface area (Å²) in [6, 6.07) is 30.7. The van der Waals surface area contributed by atoms with Crippen molar-refractivity contribution >= 4 is 40.4 Å².